The van der Waals surface area contributed by atoms with Gasteiger partial charge in [-0.2, -0.15) is 0 Å². The van der Waals surface area contributed by atoms with Crippen molar-refractivity contribution in [3.05, 3.63) is 93.4 Å². The maximum absolute atomic E-state index is 12.5. The fraction of sp³-hybridized carbons (Fsp3) is 0.280. The molecule has 3 aromatic carbocycles. The largest absolute Gasteiger partial charge is 0.364 e. The van der Waals surface area contributed by atoms with Crippen LogP contribution in [0.25, 0.3) is 0 Å². The van der Waals surface area contributed by atoms with Gasteiger partial charge in [0.25, 0.3) is 0 Å². The molecule has 33 heavy (non-hydrogen) atoms. The first-order valence-corrected chi connectivity index (χ1v) is 13.5. The number of anilines is 1. The molecule has 8 heteroatoms. The molecule has 1 fully saturated rings. The van der Waals surface area contributed by atoms with Crippen LogP contribution in [-0.4, -0.2) is 21.5 Å². The number of nitrogens with zero attached hydrogens (tertiary/aromatic N) is 1. The number of sulfonamides is 1. The van der Waals surface area contributed by atoms with Gasteiger partial charge in [-0.3, -0.25) is 0 Å². The van der Waals surface area contributed by atoms with E-state index in [1.165, 1.54) is 0 Å². The minimum atomic E-state index is -3.50. The highest BCUT2D eigenvalue weighted by molar-refractivity contribution is 7.89. The second kappa shape index (κ2) is 10.7. The first-order valence-electron chi connectivity index (χ1n) is 10.9. The van der Waals surface area contributed by atoms with Crippen LogP contribution in [0.2, 0.25) is 15.1 Å². The number of benzene rings is 3. The summed E-state index contributed by atoms with van der Waals surface area (Å²) in [6, 6.07) is 22.0. The van der Waals surface area contributed by atoms with E-state index in [-0.39, 0.29) is 10.9 Å². The molecule has 4 rings (SSSR count). The van der Waals surface area contributed by atoms with Crippen molar-refractivity contribution in [1.82, 2.24) is 4.72 Å². The Kier molecular flexibility index (Phi) is 7.87. The number of halogens is 3. The first-order chi connectivity index (χ1) is 15.8. The lowest BCUT2D eigenvalue weighted by molar-refractivity contribution is 0.343. The van der Waals surface area contributed by atoms with Crippen LogP contribution in [-0.2, 0) is 10.0 Å². The second-order valence-electron chi connectivity index (χ2n) is 8.25. The van der Waals surface area contributed by atoms with Crippen molar-refractivity contribution in [2.75, 3.05) is 18.0 Å². The number of hydrogen-bond acceptors (Lipinski definition) is 3. The summed E-state index contributed by atoms with van der Waals surface area (Å²) in [5.41, 5.74) is 2.10. The molecule has 1 aliphatic rings. The zero-order valence-corrected chi connectivity index (χ0v) is 21.0. The van der Waals surface area contributed by atoms with Crippen molar-refractivity contribution in [2.45, 2.75) is 30.2 Å². The van der Waals surface area contributed by atoms with Crippen molar-refractivity contribution in [3.63, 3.8) is 0 Å². The third kappa shape index (κ3) is 6.03. The lowest BCUT2D eigenvalue weighted by atomic mass is 9.86. The van der Waals surface area contributed by atoms with Crippen LogP contribution in [0.5, 0.6) is 0 Å². The summed E-state index contributed by atoms with van der Waals surface area (Å²) in [4.78, 5) is 2.62. The Morgan fingerprint density at radius 3 is 2.27 bits per heavy atom. The van der Waals surface area contributed by atoms with Gasteiger partial charge in [-0.1, -0.05) is 59.1 Å². The third-order valence-corrected chi connectivity index (χ3v) is 8.35. The molecule has 3 aromatic rings. The van der Waals surface area contributed by atoms with Crippen LogP contribution in [0.3, 0.4) is 0 Å². The number of hydrogen-bond donors (Lipinski definition) is 1. The molecular weight excluding hydrogens is 499 g/mol. The molecule has 0 spiro atoms. The standard InChI is InChI=1S/C25H25Cl3N2O2S/c26-19-7-10-21(11-8-19)30-17-18(6-13-25(30)23-12-9-20(27)16-24(23)28)14-15-29-33(31,32)22-4-2-1-3-5-22/h1-5,7-12,16,18,25,29H,6,13-15,17H2/t18-,25-/m0/s1. The minimum Gasteiger partial charge on any atom is -0.364 e. The molecular formula is C25H25Cl3N2O2S. The normalized spacial score (nSPS) is 18.9. The molecule has 1 N–H and O–H groups in total. The summed E-state index contributed by atoms with van der Waals surface area (Å²) in [6.07, 6.45) is 2.62. The monoisotopic (exact) mass is 522 g/mol. The van der Waals surface area contributed by atoms with Gasteiger partial charge >= 0.3 is 0 Å². The zero-order chi connectivity index (χ0) is 23.4. The van der Waals surface area contributed by atoms with Gasteiger partial charge < -0.3 is 4.90 Å². The average Bonchev–Trinajstić information content (AvgIpc) is 2.80. The predicted molar refractivity (Wildman–Crippen MR) is 137 cm³/mol. The Labute approximate surface area is 210 Å². The third-order valence-electron chi connectivity index (χ3n) is 6.06. The highest BCUT2D eigenvalue weighted by atomic mass is 35.5. The molecule has 1 saturated heterocycles. The van der Waals surface area contributed by atoms with Crippen LogP contribution in [0.15, 0.2) is 77.7 Å². The molecule has 0 amide bonds. The summed E-state index contributed by atoms with van der Waals surface area (Å²) >= 11 is 18.8. The molecule has 0 aliphatic carbocycles. The van der Waals surface area contributed by atoms with Gasteiger partial charge in [0.1, 0.15) is 0 Å². The summed E-state index contributed by atoms with van der Waals surface area (Å²) in [5.74, 6) is 0.335. The van der Waals surface area contributed by atoms with E-state index in [1.807, 2.05) is 36.4 Å². The fourth-order valence-electron chi connectivity index (χ4n) is 4.38. The van der Waals surface area contributed by atoms with E-state index in [2.05, 4.69) is 9.62 Å². The molecule has 0 saturated carbocycles. The number of nitrogens with one attached hydrogen (secondary N) is 1. The molecule has 0 radical (unpaired) electrons. The smallest absolute Gasteiger partial charge is 0.240 e. The summed E-state index contributed by atoms with van der Waals surface area (Å²) in [6.45, 7) is 1.18. The van der Waals surface area contributed by atoms with E-state index in [1.54, 1.807) is 36.4 Å². The molecule has 4 nitrogen and oxygen atoms in total. The highest BCUT2D eigenvalue weighted by Gasteiger charge is 2.31. The first kappa shape index (κ1) is 24.4. The fourth-order valence-corrected chi connectivity index (χ4v) is 6.10. The highest BCUT2D eigenvalue weighted by Crippen LogP contribution is 2.41. The SMILES string of the molecule is O=S(=O)(NCC[C@@H]1CC[C@@H](c2ccc(Cl)cc2Cl)N(c2ccc(Cl)cc2)C1)c1ccccc1. The zero-order valence-electron chi connectivity index (χ0n) is 17.9. The van der Waals surface area contributed by atoms with Gasteiger partial charge in [0.05, 0.1) is 10.9 Å². The maximum atomic E-state index is 12.5. The van der Waals surface area contributed by atoms with Crippen molar-refractivity contribution < 1.29 is 8.42 Å². The molecule has 0 unspecified atom stereocenters. The van der Waals surface area contributed by atoms with Crippen LogP contribution in [0.4, 0.5) is 5.69 Å². The number of piperidine rings is 1. The van der Waals surface area contributed by atoms with Crippen LogP contribution < -0.4 is 9.62 Å². The predicted octanol–water partition coefficient (Wildman–Crippen LogP) is 6.97. The van der Waals surface area contributed by atoms with Crippen molar-refractivity contribution >= 4 is 50.5 Å². The minimum absolute atomic E-state index is 0.105. The van der Waals surface area contributed by atoms with E-state index in [0.717, 1.165) is 37.1 Å². The van der Waals surface area contributed by atoms with Crippen LogP contribution in [0.1, 0.15) is 30.9 Å². The number of rotatable bonds is 7. The molecule has 0 bridgehead atoms. The van der Waals surface area contributed by atoms with E-state index < -0.39 is 10.0 Å². The van der Waals surface area contributed by atoms with Gasteiger partial charge in [0.2, 0.25) is 10.0 Å². The van der Waals surface area contributed by atoms with Gasteiger partial charge in [0, 0.05) is 33.8 Å². The van der Waals surface area contributed by atoms with Gasteiger partial charge in [-0.05, 0) is 79.3 Å². The van der Waals surface area contributed by atoms with Crippen LogP contribution >= 0.6 is 34.8 Å². The van der Waals surface area contributed by atoms with E-state index >= 15 is 0 Å². The Balaban J connectivity index is 1.48. The van der Waals surface area contributed by atoms with Gasteiger partial charge in [-0.15, -0.1) is 0 Å². The molecule has 1 aliphatic heterocycles. The molecule has 1 heterocycles. The summed E-state index contributed by atoms with van der Waals surface area (Å²) in [5, 5.41) is 1.95. The average molecular weight is 524 g/mol. The lowest BCUT2D eigenvalue weighted by Gasteiger charge is -2.42. The summed E-state index contributed by atoms with van der Waals surface area (Å²) in [7, 11) is -3.50. The van der Waals surface area contributed by atoms with Gasteiger partial charge in [0.15, 0.2) is 0 Å². The Hall–Kier alpha value is -1.76. The van der Waals surface area contributed by atoms with E-state index in [9.17, 15) is 8.42 Å². The lowest BCUT2D eigenvalue weighted by Crippen LogP contribution is -2.39. The van der Waals surface area contributed by atoms with Crippen molar-refractivity contribution in [2.24, 2.45) is 5.92 Å². The molecule has 0 aromatic heterocycles. The Morgan fingerprint density at radius 1 is 0.879 bits per heavy atom. The Bertz CT molecular complexity index is 1190. The molecule has 2 atom stereocenters. The van der Waals surface area contributed by atoms with E-state index in [4.69, 9.17) is 34.8 Å². The summed E-state index contributed by atoms with van der Waals surface area (Å²) < 4.78 is 27.8. The van der Waals surface area contributed by atoms with Crippen molar-refractivity contribution in [1.29, 1.82) is 0 Å². The van der Waals surface area contributed by atoms with Crippen molar-refractivity contribution in [3.8, 4) is 0 Å². The van der Waals surface area contributed by atoms with E-state index in [0.29, 0.717) is 27.5 Å². The quantitative estimate of drug-likeness (QED) is 0.364. The maximum Gasteiger partial charge on any atom is 0.240 e. The molecule has 174 valence electrons. The van der Waals surface area contributed by atoms with Gasteiger partial charge in [-0.25, -0.2) is 13.1 Å². The second-order valence-corrected chi connectivity index (χ2v) is 11.3. The Morgan fingerprint density at radius 2 is 1.58 bits per heavy atom. The topological polar surface area (TPSA) is 49.4 Å². The van der Waals surface area contributed by atoms with Crippen LogP contribution in [0, 0.1) is 5.92 Å².